The molecule has 0 aliphatic heterocycles. The predicted molar refractivity (Wildman–Crippen MR) is 104 cm³/mol. The van der Waals surface area contributed by atoms with Gasteiger partial charge in [0.25, 0.3) is 0 Å². The summed E-state index contributed by atoms with van der Waals surface area (Å²) >= 11 is 1.71. The van der Waals surface area contributed by atoms with Gasteiger partial charge in [0.05, 0.1) is 5.39 Å². The van der Waals surface area contributed by atoms with Crippen molar-refractivity contribution in [3.8, 4) is 0 Å². The van der Waals surface area contributed by atoms with Crippen LogP contribution in [0, 0.1) is 13.8 Å². The van der Waals surface area contributed by atoms with Gasteiger partial charge in [-0.05, 0) is 61.2 Å². The highest BCUT2D eigenvalue weighted by molar-refractivity contribution is 7.18. The number of nitrogens with zero attached hydrogens (tertiary/aromatic N) is 3. The van der Waals surface area contributed by atoms with E-state index >= 15 is 0 Å². The van der Waals surface area contributed by atoms with Crippen LogP contribution in [0.15, 0.2) is 55.1 Å². The fraction of sp³-hybridized carbons (Fsp3) is 0.150. The second kappa shape index (κ2) is 6.61. The lowest BCUT2D eigenvalue weighted by atomic mass is 10.1. The van der Waals surface area contributed by atoms with Gasteiger partial charge in [-0.25, -0.2) is 9.97 Å². The Morgan fingerprint density at radius 1 is 0.920 bits per heavy atom. The summed E-state index contributed by atoms with van der Waals surface area (Å²) in [6.07, 6.45) is 6.19. The number of benzene rings is 1. The standard InChI is InChI=1S/C20H18N4S/c1-13-14(2)25-20-18(13)19(22-12-23-20)24-17-5-3-15(4-6-17)11-16-7-9-21-10-8-16/h3-10,12H,11H2,1-2H3,(H,22,23,24). The molecule has 25 heavy (non-hydrogen) atoms. The maximum Gasteiger partial charge on any atom is 0.142 e. The molecule has 0 bridgehead atoms. The molecular formula is C20H18N4S. The molecule has 0 saturated heterocycles. The van der Waals surface area contributed by atoms with Gasteiger partial charge in [-0.3, -0.25) is 4.98 Å². The third-order valence-electron chi connectivity index (χ3n) is 4.34. The normalized spacial score (nSPS) is 11.0. The molecule has 1 N–H and O–H groups in total. The Labute approximate surface area is 150 Å². The lowest BCUT2D eigenvalue weighted by molar-refractivity contribution is 1.16. The number of aromatic nitrogens is 3. The average Bonchev–Trinajstić information content (AvgIpc) is 2.93. The molecule has 0 saturated carbocycles. The number of pyridine rings is 1. The summed E-state index contributed by atoms with van der Waals surface area (Å²) in [5.74, 6) is 0.869. The summed E-state index contributed by atoms with van der Waals surface area (Å²) in [7, 11) is 0. The van der Waals surface area contributed by atoms with E-state index in [0.717, 1.165) is 28.1 Å². The van der Waals surface area contributed by atoms with E-state index in [1.807, 2.05) is 24.5 Å². The molecular weight excluding hydrogens is 328 g/mol. The summed E-state index contributed by atoms with van der Waals surface area (Å²) in [5, 5.41) is 4.55. The Morgan fingerprint density at radius 2 is 1.64 bits per heavy atom. The third kappa shape index (κ3) is 3.23. The summed E-state index contributed by atoms with van der Waals surface area (Å²) in [4.78, 5) is 15.2. The zero-order valence-corrected chi connectivity index (χ0v) is 15.0. The second-order valence-corrected chi connectivity index (χ2v) is 7.24. The van der Waals surface area contributed by atoms with Crippen LogP contribution >= 0.6 is 11.3 Å². The smallest absolute Gasteiger partial charge is 0.142 e. The van der Waals surface area contributed by atoms with E-state index in [9.17, 15) is 0 Å². The van der Waals surface area contributed by atoms with Crippen molar-refractivity contribution in [1.29, 1.82) is 0 Å². The van der Waals surface area contributed by atoms with Crippen LogP contribution in [-0.2, 0) is 6.42 Å². The van der Waals surface area contributed by atoms with Crippen LogP contribution in [0.25, 0.3) is 10.2 Å². The summed E-state index contributed by atoms with van der Waals surface area (Å²) in [6, 6.07) is 12.6. The fourth-order valence-electron chi connectivity index (χ4n) is 2.86. The lowest BCUT2D eigenvalue weighted by Crippen LogP contribution is -1.96. The van der Waals surface area contributed by atoms with Gasteiger partial charge in [0.15, 0.2) is 0 Å². The van der Waals surface area contributed by atoms with E-state index in [-0.39, 0.29) is 0 Å². The minimum Gasteiger partial charge on any atom is -0.340 e. The minimum absolute atomic E-state index is 0.869. The van der Waals surface area contributed by atoms with Gasteiger partial charge in [-0.15, -0.1) is 11.3 Å². The van der Waals surface area contributed by atoms with E-state index in [2.05, 4.69) is 58.4 Å². The molecule has 0 fully saturated rings. The number of nitrogens with one attached hydrogen (secondary N) is 1. The second-order valence-electron chi connectivity index (χ2n) is 6.04. The van der Waals surface area contributed by atoms with E-state index < -0.39 is 0 Å². The van der Waals surface area contributed by atoms with Gasteiger partial charge >= 0.3 is 0 Å². The van der Waals surface area contributed by atoms with Gasteiger partial charge in [0, 0.05) is 23.0 Å². The number of hydrogen-bond acceptors (Lipinski definition) is 5. The molecule has 3 heterocycles. The van der Waals surface area contributed by atoms with Crippen molar-refractivity contribution in [3.63, 3.8) is 0 Å². The first-order chi connectivity index (χ1) is 12.2. The van der Waals surface area contributed by atoms with Crippen LogP contribution < -0.4 is 5.32 Å². The number of hydrogen-bond donors (Lipinski definition) is 1. The molecule has 0 aliphatic carbocycles. The largest absolute Gasteiger partial charge is 0.340 e. The van der Waals surface area contributed by atoms with Crippen LogP contribution in [0.4, 0.5) is 11.5 Å². The quantitative estimate of drug-likeness (QED) is 0.562. The molecule has 0 atom stereocenters. The van der Waals surface area contributed by atoms with E-state index in [1.54, 1.807) is 17.7 Å². The van der Waals surface area contributed by atoms with E-state index in [4.69, 9.17) is 0 Å². The summed E-state index contributed by atoms with van der Waals surface area (Å²) < 4.78 is 0. The maximum absolute atomic E-state index is 4.44. The Balaban J connectivity index is 1.58. The molecule has 0 aliphatic rings. The van der Waals surface area contributed by atoms with Crippen molar-refractivity contribution in [1.82, 2.24) is 15.0 Å². The molecule has 0 amide bonds. The van der Waals surface area contributed by atoms with Gasteiger partial charge in [-0.2, -0.15) is 0 Å². The van der Waals surface area contributed by atoms with Crippen LogP contribution in [0.3, 0.4) is 0 Å². The Kier molecular flexibility index (Phi) is 4.15. The maximum atomic E-state index is 4.44. The number of thiophene rings is 1. The zero-order valence-electron chi connectivity index (χ0n) is 14.2. The van der Waals surface area contributed by atoms with Gasteiger partial charge in [-0.1, -0.05) is 12.1 Å². The first-order valence-electron chi connectivity index (χ1n) is 8.16. The molecule has 4 nitrogen and oxygen atoms in total. The highest BCUT2D eigenvalue weighted by atomic mass is 32.1. The molecule has 0 radical (unpaired) electrons. The SMILES string of the molecule is Cc1sc2ncnc(Nc3ccc(Cc4ccncc4)cc3)c2c1C. The number of fused-ring (bicyclic) bond motifs is 1. The Bertz CT molecular complexity index is 1010. The molecule has 124 valence electrons. The molecule has 0 unspecified atom stereocenters. The van der Waals surface area contributed by atoms with Crippen molar-refractivity contribution in [3.05, 3.63) is 76.7 Å². The third-order valence-corrected chi connectivity index (χ3v) is 5.45. The van der Waals surface area contributed by atoms with Crippen LogP contribution in [0.1, 0.15) is 21.6 Å². The lowest BCUT2D eigenvalue weighted by Gasteiger charge is -2.08. The first kappa shape index (κ1) is 15.7. The monoisotopic (exact) mass is 346 g/mol. The molecule has 4 rings (SSSR count). The summed E-state index contributed by atoms with van der Waals surface area (Å²) in [5.41, 5.74) is 4.81. The Hall–Kier alpha value is -2.79. The Morgan fingerprint density at radius 3 is 2.40 bits per heavy atom. The van der Waals surface area contributed by atoms with Crippen LogP contribution in [-0.4, -0.2) is 15.0 Å². The van der Waals surface area contributed by atoms with Crippen molar-refractivity contribution >= 4 is 33.1 Å². The number of anilines is 2. The minimum atomic E-state index is 0.869. The van der Waals surface area contributed by atoms with Gasteiger partial charge < -0.3 is 5.32 Å². The van der Waals surface area contributed by atoms with Gasteiger partial charge in [0.2, 0.25) is 0 Å². The molecule has 3 aromatic heterocycles. The topological polar surface area (TPSA) is 50.7 Å². The van der Waals surface area contributed by atoms with E-state index in [1.165, 1.54) is 21.6 Å². The predicted octanol–water partition coefficient (Wildman–Crippen LogP) is 5.04. The highest BCUT2D eigenvalue weighted by Crippen LogP contribution is 2.33. The molecule has 0 spiro atoms. The van der Waals surface area contributed by atoms with E-state index in [0.29, 0.717) is 0 Å². The van der Waals surface area contributed by atoms with Crippen molar-refractivity contribution < 1.29 is 0 Å². The highest BCUT2D eigenvalue weighted by Gasteiger charge is 2.12. The van der Waals surface area contributed by atoms with Crippen molar-refractivity contribution in [2.75, 3.05) is 5.32 Å². The molecule has 4 aromatic rings. The van der Waals surface area contributed by atoms with Crippen molar-refractivity contribution in [2.24, 2.45) is 0 Å². The van der Waals surface area contributed by atoms with Crippen molar-refractivity contribution in [2.45, 2.75) is 20.3 Å². The summed E-state index contributed by atoms with van der Waals surface area (Å²) in [6.45, 7) is 4.25. The molecule has 5 heteroatoms. The van der Waals surface area contributed by atoms with Crippen LogP contribution in [0.5, 0.6) is 0 Å². The van der Waals surface area contributed by atoms with Crippen LogP contribution in [0.2, 0.25) is 0 Å². The first-order valence-corrected chi connectivity index (χ1v) is 8.98. The van der Waals surface area contributed by atoms with Gasteiger partial charge in [0.1, 0.15) is 17.0 Å². The average molecular weight is 346 g/mol. The fourth-order valence-corrected chi connectivity index (χ4v) is 3.85. The molecule has 1 aromatic carbocycles. The number of rotatable bonds is 4. The zero-order chi connectivity index (χ0) is 17.2. The number of aryl methyl sites for hydroxylation is 2.